The van der Waals surface area contributed by atoms with Crippen molar-refractivity contribution in [2.24, 2.45) is 17.8 Å². The lowest BCUT2D eigenvalue weighted by Gasteiger charge is -2.36. The zero-order valence-electron chi connectivity index (χ0n) is 22.0. The number of nitrogens with zero attached hydrogens (tertiary/aromatic N) is 4. The number of hydrogen-bond donors (Lipinski definition) is 0. The van der Waals surface area contributed by atoms with Gasteiger partial charge in [0.2, 0.25) is 0 Å². The van der Waals surface area contributed by atoms with Gasteiger partial charge in [-0.05, 0) is 79.8 Å². The summed E-state index contributed by atoms with van der Waals surface area (Å²) in [6.45, 7) is 9.19. The summed E-state index contributed by atoms with van der Waals surface area (Å²) in [6.07, 6.45) is 2.70. The number of nitriles is 1. The minimum Gasteiger partial charge on any atom is -0.488 e. The molecule has 37 heavy (non-hydrogen) atoms. The van der Waals surface area contributed by atoms with Gasteiger partial charge in [-0.25, -0.2) is 4.98 Å². The number of ether oxygens (including phenoxy) is 1. The number of fused-ring (bicyclic) bond motifs is 2. The van der Waals surface area contributed by atoms with Crippen LogP contribution in [0.15, 0.2) is 41.8 Å². The summed E-state index contributed by atoms with van der Waals surface area (Å²) in [5.74, 6) is 3.07. The second-order valence-corrected chi connectivity index (χ2v) is 11.5. The molecule has 2 aliphatic rings. The molecule has 1 amide bonds. The summed E-state index contributed by atoms with van der Waals surface area (Å²) in [6, 6.07) is 13.9. The van der Waals surface area contributed by atoms with Crippen LogP contribution in [0.2, 0.25) is 0 Å². The van der Waals surface area contributed by atoms with E-state index in [0.29, 0.717) is 12.2 Å². The topological polar surface area (TPSA) is 69.5 Å². The van der Waals surface area contributed by atoms with E-state index in [1.165, 1.54) is 23.3 Å². The van der Waals surface area contributed by atoms with Crippen molar-refractivity contribution in [3.8, 4) is 23.1 Å². The average molecular weight is 515 g/mol. The van der Waals surface area contributed by atoms with Crippen LogP contribution in [-0.2, 0) is 6.61 Å². The summed E-state index contributed by atoms with van der Waals surface area (Å²) < 4.78 is 6.33. The molecule has 0 N–H and O–H groups in total. The van der Waals surface area contributed by atoms with Crippen molar-refractivity contribution in [1.82, 2.24) is 9.88 Å². The Morgan fingerprint density at radius 2 is 1.95 bits per heavy atom. The molecule has 192 valence electrons. The van der Waals surface area contributed by atoms with Crippen molar-refractivity contribution < 1.29 is 9.53 Å². The second-order valence-electron chi connectivity index (χ2n) is 10.6. The van der Waals surface area contributed by atoms with Gasteiger partial charge in [0.05, 0.1) is 11.8 Å². The number of thiazole rings is 1. The van der Waals surface area contributed by atoms with Crippen LogP contribution in [0.1, 0.15) is 46.8 Å². The van der Waals surface area contributed by atoms with Gasteiger partial charge in [-0.15, -0.1) is 11.3 Å². The van der Waals surface area contributed by atoms with Gasteiger partial charge in [0.15, 0.2) is 5.13 Å². The van der Waals surface area contributed by atoms with Crippen LogP contribution in [0.5, 0.6) is 5.75 Å². The minimum absolute atomic E-state index is 0.0648. The summed E-state index contributed by atoms with van der Waals surface area (Å²) in [5, 5.41) is 12.1. The first kappa shape index (κ1) is 25.3. The number of hydrogen-bond acceptors (Lipinski definition) is 6. The third-order valence-electron chi connectivity index (χ3n) is 8.11. The van der Waals surface area contributed by atoms with Gasteiger partial charge in [-0.1, -0.05) is 24.6 Å². The summed E-state index contributed by atoms with van der Waals surface area (Å²) in [7, 11) is 1.64. The van der Waals surface area contributed by atoms with Crippen molar-refractivity contribution in [2.45, 2.75) is 40.2 Å². The highest BCUT2D eigenvalue weighted by Crippen LogP contribution is 2.44. The SMILES string of the molecule is Cc1ccc(OCc2ccc(C(=O)N(C)CC#N)cc2C)c(-c2csc(N3CC4CCC(C3)C4C)n2)c1. The first-order valence-electron chi connectivity index (χ1n) is 13.0. The van der Waals surface area contributed by atoms with Gasteiger partial charge in [0.25, 0.3) is 5.91 Å². The zero-order chi connectivity index (χ0) is 26.1. The standard InChI is InChI=1S/C30H34N4O2S/c1-19-5-10-28(36-17-25-9-6-22(14-20(25)2)29(35)33(4)12-11-31)26(13-19)27-18-37-30(32-27)34-15-23-7-8-24(16-34)21(23)3/h5-6,9-10,13-14,18,21,23-24H,7-8,12,15-17H2,1-4H3. The Bertz CT molecular complexity index is 1330. The highest BCUT2D eigenvalue weighted by atomic mass is 32.1. The van der Waals surface area contributed by atoms with Crippen LogP contribution < -0.4 is 9.64 Å². The number of aromatic nitrogens is 1. The summed E-state index contributed by atoms with van der Waals surface area (Å²) >= 11 is 1.73. The van der Waals surface area contributed by atoms with Crippen LogP contribution >= 0.6 is 11.3 Å². The molecule has 2 bridgehead atoms. The third kappa shape index (κ3) is 5.21. The molecule has 2 heterocycles. The van der Waals surface area contributed by atoms with Crippen LogP contribution in [0.25, 0.3) is 11.3 Å². The predicted molar refractivity (Wildman–Crippen MR) is 148 cm³/mol. The lowest BCUT2D eigenvalue weighted by Crippen LogP contribution is -2.40. The van der Waals surface area contributed by atoms with Crippen molar-refractivity contribution in [3.63, 3.8) is 0 Å². The van der Waals surface area contributed by atoms with Gasteiger partial charge in [-0.3, -0.25) is 4.79 Å². The Morgan fingerprint density at radius 1 is 1.19 bits per heavy atom. The quantitative estimate of drug-likeness (QED) is 0.357. The largest absolute Gasteiger partial charge is 0.488 e. The molecule has 0 spiro atoms. The predicted octanol–water partition coefficient (Wildman–Crippen LogP) is 6.08. The van der Waals surface area contributed by atoms with Crippen LogP contribution in [-0.4, -0.2) is 42.5 Å². The van der Waals surface area contributed by atoms with E-state index in [9.17, 15) is 4.79 Å². The number of benzene rings is 2. The molecule has 1 aliphatic heterocycles. The van der Waals surface area contributed by atoms with Crippen molar-refractivity contribution in [2.75, 3.05) is 31.6 Å². The lowest BCUT2D eigenvalue weighted by atomic mass is 9.87. The molecule has 1 aliphatic carbocycles. The van der Waals surface area contributed by atoms with Gasteiger partial charge < -0.3 is 14.5 Å². The fraction of sp³-hybridized carbons (Fsp3) is 0.433. The number of anilines is 1. The van der Waals surface area contributed by atoms with E-state index in [-0.39, 0.29) is 12.5 Å². The fourth-order valence-corrected chi connectivity index (χ4v) is 6.54. The lowest BCUT2D eigenvalue weighted by molar-refractivity contribution is 0.0812. The molecule has 2 fully saturated rings. The van der Waals surface area contributed by atoms with E-state index in [0.717, 1.165) is 64.1 Å². The average Bonchev–Trinajstić information content (AvgIpc) is 3.44. The van der Waals surface area contributed by atoms with Gasteiger partial charge in [-0.2, -0.15) is 5.26 Å². The molecule has 2 unspecified atom stereocenters. The van der Waals surface area contributed by atoms with E-state index < -0.39 is 0 Å². The first-order chi connectivity index (χ1) is 17.8. The van der Waals surface area contributed by atoms with Crippen LogP contribution in [0.3, 0.4) is 0 Å². The van der Waals surface area contributed by atoms with Crippen molar-refractivity contribution in [3.05, 3.63) is 64.0 Å². The molecule has 1 aromatic heterocycles. The first-order valence-corrected chi connectivity index (χ1v) is 13.9. The Hall–Kier alpha value is -3.37. The van der Waals surface area contributed by atoms with E-state index in [4.69, 9.17) is 15.0 Å². The summed E-state index contributed by atoms with van der Waals surface area (Å²) in [5.41, 5.74) is 5.71. The molecule has 5 rings (SSSR count). The highest BCUT2D eigenvalue weighted by Gasteiger charge is 2.39. The van der Waals surface area contributed by atoms with E-state index >= 15 is 0 Å². The maximum absolute atomic E-state index is 12.5. The van der Waals surface area contributed by atoms with E-state index in [1.54, 1.807) is 24.5 Å². The number of aryl methyl sites for hydroxylation is 2. The Morgan fingerprint density at radius 3 is 2.65 bits per heavy atom. The molecule has 2 aromatic carbocycles. The van der Waals surface area contributed by atoms with Gasteiger partial charge in [0, 0.05) is 36.6 Å². The monoisotopic (exact) mass is 514 g/mol. The number of rotatable bonds is 7. The molecular formula is C30H34N4O2S. The minimum atomic E-state index is -0.159. The molecule has 2 atom stereocenters. The third-order valence-corrected chi connectivity index (χ3v) is 9.01. The van der Waals surface area contributed by atoms with Gasteiger partial charge >= 0.3 is 0 Å². The number of piperidine rings is 1. The second kappa shape index (κ2) is 10.5. The van der Waals surface area contributed by atoms with Crippen LogP contribution in [0, 0.1) is 42.9 Å². The number of carbonyl (C=O) groups is 1. The van der Waals surface area contributed by atoms with E-state index in [2.05, 4.69) is 36.3 Å². The molecule has 6 nitrogen and oxygen atoms in total. The normalized spacial score (nSPS) is 20.5. The van der Waals surface area contributed by atoms with Gasteiger partial charge in [0.1, 0.15) is 18.9 Å². The Labute approximate surface area is 223 Å². The Balaban J connectivity index is 1.32. The number of amides is 1. The molecule has 1 saturated heterocycles. The molecule has 1 saturated carbocycles. The molecular weight excluding hydrogens is 480 g/mol. The van der Waals surface area contributed by atoms with E-state index in [1.807, 2.05) is 31.2 Å². The fourth-order valence-electron chi connectivity index (χ4n) is 5.70. The Kier molecular flexibility index (Phi) is 7.21. The summed E-state index contributed by atoms with van der Waals surface area (Å²) in [4.78, 5) is 21.5. The molecule has 3 aromatic rings. The maximum Gasteiger partial charge on any atom is 0.254 e. The molecule has 0 radical (unpaired) electrons. The smallest absolute Gasteiger partial charge is 0.254 e. The zero-order valence-corrected chi connectivity index (χ0v) is 22.8. The highest BCUT2D eigenvalue weighted by molar-refractivity contribution is 7.14. The van der Waals surface area contributed by atoms with Crippen LogP contribution in [0.4, 0.5) is 5.13 Å². The molecule has 7 heteroatoms. The van der Waals surface area contributed by atoms with Crippen molar-refractivity contribution in [1.29, 1.82) is 5.26 Å². The maximum atomic E-state index is 12.5. The number of carbonyl (C=O) groups excluding carboxylic acids is 1. The van der Waals surface area contributed by atoms with Crippen molar-refractivity contribution >= 4 is 22.4 Å².